The van der Waals surface area contributed by atoms with Crippen molar-refractivity contribution in [2.75, 3.05) is 6.54 Å². The summed E-state index contributed by atoms with van der Waals surface area (Å²) in [6.45, 7) is 12.6. The van der Waals surface area contributed by atoms with E-state index in [9.17, 15) is 0 Å². The molecule has 0 unspecified atom stereocenters. The molecule has 0 amide bonds. The molecular formula is C12H22N2O. The van der Waals surface area contributed by atoms with Crippen molar-refractivity contribution in [3.63, 3.8) is 0 Å². The SMILES string of the molecule is CC(C)CNCc1ncoc1C(C)(C)C. The Labute approximate surface area is 92.3 Å². The van der Waals surface area contributed by atoms with Crippen LogP contribution < -0.4 is 5.32 Å². The highest BCUT2D eigenvalue weighted by Gasteiger charge is 2.22. The van der Waals surface area contributed by atoms with Crippen LogP contribution in [0, 0.1) is 5.92 Å². The monoisotopic (exact) mass is 210 g/mol. The number of hydrogen-bond acceptors (Lipinski definition) is 3. The number of rotatable bonds is 4. The second-order valence-electron chi connectivity index (χ2n) is 5.40. The Balaban J connectivity index is 2.58. The molecule has 0 bridgehead atoms. The van der Waals surface area contributed by atoms with Gasteiger partial charge in [-0.15, -0.1) is 0 Å². The molecule has 1 aromatic heterocycles. The molecule has 0 aromatic carbocycles. The van der Waals surface area contributed by atoms with Crippen LogP contribution in [0.4, 0.5) is 0 Å². The number of nitrogens with one attached hydrogen (secondary N) is 1. The summed E-state index contributed by atoms with van der Waals surface area (Å²) in [6.07, 6.45) is 1.53. The van der Waals surface area contributed by atoms with Crippen LogP contribution in [0.25, 0.3) is 0 Å². The first-order valence-corrected chi connectivity index (χ1v) is 5.55. The molecule has 0 saturated heterocycles. The van der Waals surface area contributed by atoms with Crippen molar-refractivity contribution in [1.82, 2.24) is 10.3 Å². The maximum absolute atomic E-state index is 5.44. The highest BCUT2D eigenvalue weighted by molar-refractivity contribution is 5.15. The van der Waals surface area contributed by atoms with Crippen molar-refractivity contribution in [2.24, 2.45) is 5.92 Å². The Bertz CT molecular complexity index is 297. The van der Waals surface area contributed by atoms with E-state index >= 15 is 0 Å². The van der Waals surface area contributed by atoms with Crippen LogP contribution in [-0.2, 0) is 12.0 Å². The van der Waals surface area contributed by atoms with Gasteiger partial charge >= 0.3 is 0 Å². The standard InChI is InChI=1S/C12H22N2O/c1-9(2)6-13-7-10-11(12(3,4)5)15-8-14-10/h8-9,13H,6-7H2,1-5H3. The smallest absolute Gasteiger partial charge is 0.181 e. The zero-order valence-corrected chi connectivity index (χ0v) is 10.4. The minimum atomic E-state index is 0.0331. The Morgan fingerprint density at radius 2 is 2.07 bits per heavy atom. The van der Waals surface area contributed by atoms with Crippen LogP contribution in [0.1, 0.15) is 46.1 Å². The molecule has 86 valence electrons. The van der Waals surface area contributed by atoms with Crippen LogP contribution in [0.2, 0.25) is 0 Å². The Kier molecular flexibility index (Phi) is 3.91. The van der Waals surface area contributed by atoms with Crippen molar-refractivity contribution < 1.29 is 4.42 Å². The zero-order valence-electron chi connectivity index (χ0n) is 10.4. The fourth-order valence-corrected chi connectivity index (χ4v) is 1.48. The normalized spacial score (nSPS) is 12.4. The lowest BCUT2D eigenvalue weighted by Gasteiger charge is -2.16. The summed E-state index contributed by atoms with van der Waals surface area (Å²) in [4.78, 5) is 4.25. The molecule has 0 saturated carbocycles. The molecular weight excluding hydrogens is 188 g/mol. The van der Waals surface area contributed by atoms with Crippen molar-refractivity contribution in [1.29, 1.82) is 0 Å². The van der Waals surface area contributed by atoms with Gasteiger partial charge < -0.3 is 9.73 Å². The van der Waals surface area contributed by atoms with Crippen molar-refractivity contribution in [3.8, 4) is 0 Å². The van der Waals surface area contributed by atoms with Crippen LogP contribution in [0.3, 0.4) is 0 Å². The fourth-order valence-electron chi connectivity index (χ4n) is 1.48. The first-order valence-electron chi connectivity index (χ1n) is 5.55. The summed E-state index contributed by atoms with van der Waals surface area (Å²) >= 11 is 0. The third-order valence-corrected chi connectivity index (χ3v) is 2.17. The van der Waals surface area contributed by atoms with Crippen LogP contribution in [0.15, 0.2) is 10.8 Å². The number of nitrogens with zero attached hydrogens (tertiary/aromatic N) is 1. The summed E-state index contributed by atoms with van der Waals surface area (Å²) in [7, 11) is 0. The maximum atomic E-state index is 5.44. The summed E-state index contributed by atoms with van der Waals surface area (Å²) < 4.78 is 5.44. The molecule has 0 atom stereocenters. The third-order valence-electron chi connectivity index (χ3n) is 2.17. The van der Waals surface area contributed by atoms with Gasteiger partial charge in [0.15, 0.2) is 6.39 Å². The van der Waals surface area contributed by atoms with Crippen molar-refractivity contribution >= 4 is 0 Å². The van der Waals surface area contributed by atoms with Crippen molar-refractivity contribution in [2.45, 2.75) is 46.6 Å². The summed E-state index contributed by atoms with van der Waals surface area (Å²) in [5.41, 5.74) is 1.06. The molecule has 0 radical (unpaired) electrons. The van der Waals surface area contributed by atoms with Gasteiger partial charge in [0, 0.05) is 12.0 Å². The van der Waals surface area contributed by atoms with Gasteiger partial charge in [-0.2, -0.15) is 0 Å². The summed E-state index contributed by atoms with van der Waals surface area (Å²) in [5, 5.41) is 3.38. The first kappa shape index (κ1) is 12.2. The van der Waals surface area contributed by atoms with Gasteiger partial charge in [0.1, 0.15) is 5.76 Å². The lowest BCUT2D eigenvalue weighted by molar-refractivity contribution is 0.401. The van der Waals surface area contributed by atoms with Gasteiger partial charge in [-0.1, -0.05) is 34.6 Å². The van der Waals surface area contributed by atoms with Gasteiger partial charge in [-0.25, -0.2) is 4.98 Å². The minimum Gasteiger partial charge on any atom is -0.448 e. The highest BCUT2D eigenvalue weighted by atomic mass is 16.3. The summed E-state index contributed by atoms with van der Waals surface area (Å²) in [6, 6.07) is 0. The average molecular weight is 210 g/mol. The Morgan fingerprint density at radius 1 is 1.40 bits per heavy atom. The second-order valence-corrected chi connectivity index (χ2v) is 5.40. The second kappa shape index (κ2) is 4.79. The topological polar surface area (TPSA) is 38.1 Å². The zero-order chi connectivity index (χ0) is 11.5. The minimum absolute atomic E-state index is 0.0331. The molecule has 15 heavy (non-hydrogen) atoms. The lowest BCUT2D eigenvalue weighted by atomic mass is 9.92. The third kappa shape index (κ3) is 3.67. The quantitative estimate of drug-likeness (QED) is 0.830. The molecule has 1 rings (SSSR count). The van der Waals surface area contributed by atoms with Gasteiger partial charge in [0.25, 0.3) is 0 Å². The van der Waals surface area contributed by atoms with E-state index in [-0.39, 0.29) is 5.41 Å². The molecule has 0 aliphatic carbocycles. The Morgan fingerprint density at radius 3 is 2.60 bits per heavy atom. The lowest BCUT2D eigenvalue weighted by Crippen LogP contribution is -2.22. The molecule has 0 spiro atoms. The van der Waals surface area contributed by atoms with Gasteiger partial charge in [0.05, 0.1) is 5.69 Å². The Hall–Kier alpha value is -0.830. The van der Waals surface area contributed by atoms with E-state index in [1.807, 2.05) is 0 Å². The largest absolute Gasteiger partial charge is 0.448 e. The number of oxazole rings is 1. The summed E-state index contributed by atoms with van der Waals surface area (Å²) in [5.74, 6) is 1.65. The molecule has 0 aliphatic heterocycles. The van der Waals surface area contributed by atoms with Gasteiger partial charge in [0.2, 0.25) is 0 Å². The molecule has 1 heterocycles. The van der Waals surface area contributed by atoms with E-state index in [1.165, 1.54) is 6.39 Å². The molecule has 0 aliphatic rings. The van der Waals surface area contributed by atoms with E-state index in [4.69, 9.17) is 4.42 Å². The van der Waals surface area contributed by atoms with Crippen LogP contribution in [0.5, 0.6) is 0 Å². The first-order chi connectivity index (χ1) is 6.91. The van der Waals surface area contributed by atoms with Crippen LogP contribution >= 0.6 is 0 Å². The highest BCUT2D eigenvalue weighted by Crippen LogP contribution is 2.24. The number of aromatic nitrogens is 1. The van der Waals surface area contributed by atoms with Crippen molar-refractivity contribution in [3.05, 3.63) is 17.8 Å². The van der Waals surface area contributed by atoms with Gasteiger partial charge in [-0.05, 0) is 12.5 Å². The van der Waals surface area contributed by atoms with E-state index < -0.39 is 0 Å². The molecule has 0 fully saturated rings. The van der Waals surface area contributed by atoms with E-state index in [0.717, 1.165) is 24.5 Å². The molecule has 3 heteroatoms. The molecule has 1 aromatic rings. The average Bonchev–Trinajstić information content (AvgIpc) is 2.50. The maximum Gasteiger partial charge on any atom is 0.181 e. The van der Waals surface area contributed by atoms with E-state index in [1.54, 1.807) is 0 Å². The predicted molar refractivity (Wildman–Crippen MR) is 61.7 cm³/mol. The van der Waals surface area contributed by atoms with Gasteiger partial charge in [-0.3, -0.25) is 0 Å². The van der Waals surface area contributed by atoms with Crippen LogP contribution in [-0.4, -0.2) is 11.5 Å². The predicted octanol–water partition coefficient (Wildman–Crippen LogP) is 2.72. The van der Waals surface area contributed by atoms with E-state index in [2.05, 4.69) is 44.9 Å². The van der Waals surface area contributed by atoms with E-state index in [0.29, 0.717) is 5.92 Å². The number of hydrogen-bond donors (Lipinski definition) is 1. The molecule has 3 nitrogen and oxygen atoms in total. The fraction of sp³-hybridized carbons (Fsp3) is 0.750. The molecule has 1 N–H and O–H groups in total.